The fraction of sp³-hybridized carbons (Fsp3) is 0.0909. The largest absolute Gasteiger partial charge is 0.493 e. The van der Waals surface area contributed by atoms with Crippen molar-refractivity contribution in [2.24, 2.45) is 5.10 Å². The van der Waals surface area contributed by atoms with Gasteiger partial charge < -0.3 is 9.47 Å². The Morgan fingerprint density at radius 1 is 1.04 bits per heavy atom. The average Bonchev–Trinajstić information content (AvgIpc) is 2.73. The number of hydrazone groups is 1. The summed E-state index contributed by atoms with van der Waals surface area (Å²) in [7, 11) is 1.58. The first-order valence-corrected chi connectivity index (χ1v) is 9.39. The van der Waals surface area contributed by atoms with Crippen LogP contribution in [0.4, 0.5) is 0 Å². The minimum absolute atomic E-state index is 0.293. The minimum Gasteiger partial charge on any atom is -0.493 e. The number of carbonyl (C=O) groups excluding carboxylic acids is 1. The van der Waals surface area contributed by atoms with E-state index in [4.69, 9.17) is 9.47 Å². The van der Waals surface area contributed by atoms with Crippen molar-refractivity contribution in [1.29, 1.82) is 0 Å². The van der Waals surface area contributed by atoms with Gasteiger partial charge in [-0.05, 0) is 57.4 Å². The number of hydrogen-bond donors (Lipinski definition) is 1. The average molecular weight is 439 g/mol. The van der Waals surface area contributed by atoms with Crippen LogP contribution in [-0.2, 0) is 6.61 Å². The molecule has 0 saturated heterocycles. The third-order valence-corrected chi connectivity index (χ3v) is 4.61. The Morgan fingerprint density at radius 2 is 1.79 bits per heavy atom. The molecule has 0 spiro atoms. The molecule has 3 aromatic rings. The molecule has 0 aromatic heterocycles. The SMILES string of the molecule is COc1cc(/C=N\NC(=O)c2ccccc2Br)ccc1OCc1ccccc1. The molecule has 0 bridgehead atoms. The summed E-state index contributed by atoms with van der Waals surface area (Å²) < 4.78 is 12.0. The van der Waals surface area contributed by atoms with Gasteiger partial charge in [0.25, 0.3) is 5.91 Å². The number of carbonyl (C=O) groups is 1. The van der Waals surface area contributed by atoms with Gasteiger partial charge in [0.2, 0.25) is 0 Å². The number of hydrogen-bond acceptors (Lipinski definition) is 4. The maximum absolute atomic E-state index is 12.2. The molecule has 0 aliphatic carbocycles. The summed E-state index contributed by atoms with van der Waals surface area (Å²) in [6.45, 7) is 0.451. The van der Waals surface area contributed by atoms with Crippen LogP contribution in [0.3, 0.4) is 0 Å². The molecule has 0 radical (unpaired) electrons. The lowest BCUT2D eigenvalue weighted by Crippen LogP contribution is -2.18. The first kappa shape index (κ1) is 19.6. The van der Waals surface area contributed by atoms with E-state index in [1.54, 1.807) is 37.6 Å². The highest BCUT2D eigenvalue weighted by molar-refractivity contribution is 9.10. The summed E-state index contributed by atoms with van der Waals surface area (Å²) in [5.74, 6) is 0.941. The highest BCUT2D eigenvalue weighted by Crippen LogP contribution is 2.28. The predicted molar refractivity (Wildman–Crippen MR) is 113 cm³/mol. The molecule has 5 nitrogen and oxygen atoms in total. The van der Waals surface area contributed by atoms with E-state index in [9.17, 15) is 4.79 Å². The van der Waals surface area contributed by atoms with Crippen LogP contribution in [0, 0.1) is 0 Å². The first-order chi connectivity index (χ1) is 13.7. The van der Waals surface area contributed by atoms with Gasteiger partial charge in [-0.25, -0.2) is 5.43 Å². The second-order valence-electron chi connectivity index (χ2n) is 5.86. The third kappa shape index (κ3) is 5.20. The zero-order valence-electron chi connectivity index (χ0n) is 15.3. The van der Waals surface area contributed by atoms with E-state index in [0.29, 0.717) is 28.1 Å². The molecular weight excluding hydrogens is 420 g/mol. The minimum atomic E-state index is -0.293. The zero-order chi connectivity index (χ0) is 19.8. The number of benzene rings is 3. The van der Waals surface area contributed by atoms with Crippen LogP contribution in [0.15, 0.2) is 82.4 Å². The molecule has 0 aliphatic heterocycles. The van der Waals surface area contributed by atoms with Crippen LogP contribution in [0.5, 0.6) is 11.5 Å². The molecule has 1 N–H and O–H groups in total. The second kappa shape index (κ2) is 9.71. The lowest BCUT2D eigenvalue weighted by molar-refractivity contribution is 0.0954. The van der Waals surface area contributed by atoms with E-state index in [-0.39, 0.29) is 5.91 Å². The van der Waals surface area contributed by atoms with E-state index in [0.717, 1.165) is 11.1 Å². The van der Waals surface area contributed by atoms with Crippen molar-refractivity contribution in [3.63, 3.8) is 0 Å². The molecule has 0 aliphatic rings. The van der Waals surface area contributed by atoms with E-state index >= 15 is 0 Å². The summed E-state index contributed by atoms with van der Waals surface area (Å²) in [5, 5.41) is 4.02. The monoisotopic (exact) mass is 438 g/mol. The smallest absolute Gasteiger partial charge is 0.272 e. The van der Waals surface area contributed by atoms with Gasteiger partial charge in [-0.3, -0.25) is 4.79 Å². The van der Waals surface area contributed by atoms with E-state index in [1.807, 2.05) is 48.5 Å². The van der Waals surface area contributed by atoms with Crippen LogP contribution in [0.25, 0.3) is 0 Å². The van der Waals surface area contributed by atoms with Crippen molar-refractivity contribution < 1.29 is 14.3 Å². The maximum Gasteiger partial charge on any atom is 0.272 e. The number of ether oxygens (including phenoxy) is 2. The molecule has 0 heterocycles. The number of halogens is 1. The molecule has 3 aromatic carbocycles. The lowest BCUT2D eigenvalue weighted by atomic mass is 10.2. The highest BCUT2D eigenvalue weighted by Gasteiger charge is 2.08. The Labute approximate surface area is 172 Å². The van der Waals surface area contributed by atoms with Gasteiger partial charge in [0.15, 0.2) is 11.5 Å². The van der Waals surface area contributed by atoms with Crippen LogP contribution >= 0.6 is 15.9 Å². The summed E-state index contributed by atoms with van der Waals surface area (Å²) in [6, 6.07) is 22.5. The summed E-state index contributed by atoms with van der Waals surface area (Å²) >= 11 is 3.35. The van der Waals surface area contributed by atoms with Gasteiger partial charge in [-0.1, -0.05) is 42.5 Å². The number of methoxy groups -OCH3 is 1. The van der Waals surface area contributed by atoms with Gasteiger partial charge in [0.1, 0.15) is 6.61 Å². The van der Waals surface area contributed by atoms with Crippen molar-refractivity contribution in [3.05, 3.63) is 94.0 Å². The standard InChI is InChI=1S/C22H19BrN2O3/c1-27-21-13-17(11-12-20(21)28-15-16-7-3-2-4-8-16)14-24-25-22(26)18-9-5-6-10-19(18)23/h2-14H,15H2,1H3,(H,25,26)/b24-14-. The van der Waals surface area contributed by atoms with Crippen LogP contribution in [-0.4, -0.2) is 19.2 Å². The summed E-state index contributed by atoms with van der Waals surface area (Å²) in [4.78, 5) is 12.2. The molecule has 0 unspecified atom stereocenters. The number of rotatable bonds is 7. The van der Waals surface area contributed by atoms with Crippen molar-refractivity contribution in [2.75, 3.05) is 7.11 Å². The van der Waals surface area contributed by atoms with Crippen LogP contribution in [0.2, 0.25) is 0 Å². The van der Waals surface area contributed by atoms with E-state index in [2.05, 4.69) is 26.5 Å². The second-order valence-corrected chi connectivity index (χ2v) is 6.72. The molecule has 142 valence electrons. The van der Waals surface area contributed by atoms with Gasteiger partial charge in [0, 0.05) is 4.47 Å². The van der Waals surface area contributed by atoms with Crippen molar-refractivity contribution in [1.82, 2.24) is 5.43 Å². The summed E-state index contributed by atoms with van der Waals surface area (Å²) in [5.41, 5.74) is 4.88. The fourth-order valence-corrected chi connectivity index (χ4v) is 2.95. The molecule has 3 rings (SSSR count). The Balaban J connectivity index is 1.63. The van der Waals surface area contributed by atoms with E-state index in [1.165, 1.54) is 0 Å². The van der Waals surface area contributed by atoms with Crippen molar-refractivity contribution in [2.45, 2.75) is 6.61 Å². The van der Waals surface area contributed by atoms with Gasteiger partial charge in [0.05, 0.1) is 18.9 Å². The molecule has 28 heavy (non-hydrogen) atoms. The van der Waals surface area contributed by atoms with Crippen molar-refractivity contribution >= 4 is 28.1 Å². The fourth-order valence-electron chi connectivity index (χ4n) is 2.49. The Kier molecular flexibility index (Phi) is 6.81. The number of nitrogens with zero attached hydrogens (tertiary/aromatic N) is 1. The Morgan fingerprint density at radius 3 is 2.54 bits per heavy atom. The van der Waals surface area contributed by atoms with Crippen LogP contribution in [0.1, 0.15) is 21.5 Å². The van der Waals surface area contributed by atoms with Gasteiger partial charge >= 0.3 is 0 Å². The quantitative estimate of drug-likeness (QED) is 0.425. The molecular formula is C22H19BrN2O3. The van der Waals surface area contributed by atoms with Crippen molar-refractivity contribution in [3.8, 4) is 11.5 Å². The molecule has 0 atom stereocenters. The van der Waals surface area contributed by atoms with Gasteiger partial charge in [-0.2, -0.15) is 5.10 Å². The topological polar surface area (TPSA) is 59.9 Å². The maximum atomic E-state index is 12.2. The molecule has 0 saturated carbocycles. The summed E-state index contributed by atoms with van der Waals surface area (Å²) in [6.07, 6.45) is 1.55. The van der Waals surface area contributed by atoms with Crippen LogP contribution < -0.4 is 14.9 Å². The predicted octanol–water partition coefficient (Wildman–Crippen LogP) is 4.80. The highest BCUT2D eigenvalue weighted by atomic mass is 79.9. The number of amides is 1. The Hall–Kier alpha value is -3.12. The Bertz CT molecular complexity index is 975. The molecule has 6 heteroatoms. The molecule has 1 amide bonds. The molecule has 0 fully saturated rings. The normalized spacial score (nSPS) is 10.6. The van der Waals surface area contributed by atoms with E-state index < -0.39 is 0 Å². The lowest BCUT2D eigenvalue weighted by Gasteiger charge is -2.11. The van der Waals surface area contributed by atoms with Gasteiger partial charge in [-0.15, -0.1) is 0 Å². The third-order valence-electron chi connectivity index (χ3n) is 3.92. The number of nitrogens with one attached hydrogen (secondary N) is 1. The first-order valence-electron chi connectivity index (χ1n) is 8.60. The zero-order valence-corrected chi connectivity index (χ0v) is 16.8.